The van der Waals surface area contributed by atoms with Crippen LogP contribution >= 0.6 is 15.9 Å². The summed E-state index contributed by atoms with van der Waals surface area (Å²) in [4.78, 5) is 12.3. The van der Waals surface area contributed by atoms with Crippen molar-refractivity contribution < 1.29 is 9.53 Å². The molecule has 2 rings (SSSR count). The Morgan fingerprint density at radius 3 is 2.89 bits per heavy atom. The van der Waals surface area contributed by atoms with Crippen molar-refractivity contribution in [2.45, 2.75) is 51.9 Å². The molecule has 1 aromatic rings. The van der Waals surface area contributed by atoms with Crippen LogP contribution in [0.5, 0.6) is 0 Å². The molecule has 1 aliphatic heterocycles. The summed E-state index contributed by atoms with van der Waals surface area (Å²) >= 11 is 3.51. The van der Waals surface area contributed by atoms with Crippen LogP contribution in [0.3, 0.4) is 0 Å². The standard InChI is InChI=1S/C13H20BrN3O2/c1-3-17-10(13(14)8(2)16-17)6-11(18)12-5-4-9(7-15)19-12/h9,12H,3-7,15H2,1-2H3. The lowest BCUT2D eigenvalue weighted by atomic mass is 10.1. The lowest BCUT2D eigenvalue weighted by Gasteiger charge is -2.12. The number of carbonyl (C=O) groups is 1. The van der Waals surface area contributed by atoms with Gasteiger partial charge in [0.05, 0.1) is 28.4 Å². The van der Waals surface area contributed by atoms with Crippen molar-refractivity contribution in [1.29, 1.82) is 0 Å². The molecule has 2 atom stereocenters. The number of carbonyl (C=O) groups excluding carboxylic acids is 1. The fourth-order valence-electron chi connectivity index (χ4n) is 2.43. The van der Waals surface area contributed by atoms with Gasteiger partial charge in [0.25, 0.3) is 0 Å². The van der Waals surface area contributed by atoms with Gasteiger partial charge in [-0.25, -0.2) is 0 Å². The monoisotopic (exact) mass is 329 g/mol. The van der Waals surface area contributed by atoms with E-state index in [0.717, 1.165) is 35.2 Å². The molecule has 0 aromatic carbocycles. The maximum absolute atomic E-state index is 12.3. The largest absolute Gasteiger partial charge is 0.366 e. The molecule has 19 heavy (non-hydrogen) atoms. The number of nitrogens with zero attached hydrogens (tertiary/aromatic N) is 2. The van der Waals surface area contributed by atoms with Crippen LogP contribution in [0.15, 0.2) is 4.47 Å². The average Bonchev–Trinajstić information content (AvgIpc) is 2.98. The highest BCUT2D eigenvalue weighted by atomic mass is 79.9. The third kappa shape index (κ3) is 3.07. The molecule has 2 N–H and O–H groups in total. The second kappa shape index (κ2) is 6.15. The van der Waals surface area contributed by atoms with Gasteiger partial charge in [0.1, 0.15) is 6.10 Å². The highest BCUT2D eigenvalue weighted by Gasteiger charge is 2.30. The SMILES string of the molecule is CCn1nc(C)c(Br)c1CC(=O)C1CCC(CN)O1. The molecule has 2 unspecified atom stereocenters. The Morgan fingerprint density at radius 1 is 1.58 bits per heavy atom. The van der Waals surface area contributed by atoms with Crippen LogP contribution in [0, 0.1) is 6.92 Å². The second-order valence-electron chi connectivity index (χ2n) is 4.86. The molecular formula is C13H20BrN3O2. The molecule has 0 radical (unpaired) electrons. The summed E-state index contributed by atoms with van der Waals surface area (Å²) in [5.74, 6) is 0.117. The van der Waals surface area contributed by atoms with Crippen molar-refractivity contribution in [3.63, 3.8) is 0 Å². The Labute approximate surface area is 121 Å². The summed E-state index contributed by atoms with van der Waals surface area (Å²) in [7, 11) is 0. The summed E-state index contributed by atoms with van der Waals surface area (Å²) in [6.07, 6.45) is 1.74. The molecule has 1 aromatic heterocycles. The van der Waals surface area contributed by atoms with Gasteiger partial charge in [0.2, 0.25) is 0 Å². The van der Waals surface area contributed by atoms with Gasteiger partial charge >= 0.3 is 0 Å². The minimum Gasteiger partial charge on any atom is -0.366 e. The van der Waals surface area contributed by atoms with Crippen molar-refractivity contribution >= 4 is 21.7 Å². The Kier molecular flexibility index (Phi) is 4.76. The minimum atomic E-state index is -0.305. The number of rotatable bonds is 5. The number of hydrogen-bond donors (Lipinski definition) is 1. The van der Waals surface area contributed by atoms with Crippen molar-refractivity contribution in [3.8, 4) is 0 Å². The predicted octanol–water partition coefficient (Wildman–Crippen LogP) is 1.59. The number of ketones is 1. The van der Waals surface area contributed by atoms with E-state index in [2.05, 4.69) is 21.0 Å². The maximum Gasteiger partial charge on any atom is 0.167 e. The van der Waals surface area contributed by atoms with Crippen LogP contribution in [-0.4, -0.2) is 34.3 Å². The van der Waals surface area contributed by atoms with E-state index in [1.165, 1.54) is 0 Å². The lowest BCUT2D eigenvalue weighted by Crippen LogP contribution is -2.27. The van der Waals surface area contributed by atoms with E-state index in [-0.39, 0.29) is 18.0 Å². The Balaban J connectivity index is 2.07. The Hall–Kier alpha value is -0.720. The molecule has 1 saturated heterocycles. The molecule has 2 heterocycles. The van der Waals surface area contributed by atoms with Crippen LogP contribution in [0.2, 0.25) is 0 Å². The van der Waals surface area contributed by atoms with Crippen molar-refractivity contribution in [2.75, 3.05) is 6.54 Å². The zero-order chi connectivity index (χ0) is 14.0. The number of aryl methyl sites for hydroxylation is 2. The summed E-state index contributed by atoms with van der Waals surface area (Å²) in [6, 6.07) is 0. The van der Waals surface area contributed by atoms with E-state index in [4.69, 9.17) is 10.5 Å². The zero-order valence-corrected chi connectivity index (χ0v) is 12.9. The average molecular weight is 330 g/mol. The molecule has 0 saturated carbocycles. The van der Waals surface area contributed by atoms with Gasteiger partial charge in [-0.1, -0.05) is 0 Å². The first kappa shape index (κ1) is 14.7. The number of aromatic nitrogens is 2. The third-order valence-corrected chi connectivity index (χ3v) is 4.56. The second-order valence-corrected chi connectivity index (χ2v) is 5.66. The highest BCUT2D eigenvalue weighted by molar-refractivity contribution is 9.10. The van der Waals surface area contributed by atoms with Gasteiger partial charge in [-0.05, 0) is 42.6 Å². The van der Waals surface area contributed by atoms with Crippen molar-refractivity contribution in [3.05, 3.63) is 15.9 Å². The quantitative estimate of drug-likeness (QED) is 0.890. The number of hydrogen-bond acceptors (Lipinski definition) is 4. The highest BCUT2D eigenvalue weighted by Crippen LogP contribution is 2.25. The van der Waals surface area contributed by atoms with Gasteiger partial charge in [-0.2, -0.15) is 5.10 Å². The molecule has 0 bridgehead atoms. The normalized spacial score (nSPS) is 22.9. The number of nitrogens with two attached hydrogens (primary N) is 1. The molecule has 1 fully saturated rings. The van der Waals surface area contributed by atoms with Crippen molar-refractivity contribution in [2.24, 2.45) is 5.73 Å². The van der Waals surface area contributed by atoms with Gasteiger partial charge in [-0.3, -0.25) is 9.48 Å². The predicted molar refractivity (Wildman–Crippen MR) is 76.0 cm³/mol. The van der Waals surface area contributed by atoms with Gasteiger partial charge in [0.15, 0.2) is 5.78 Å². The summed E-state index contributed by atoms with van der Waals surface area (Å²) < 4.78 is 8.44. The van der Waals surface area contributed by atoms with Gasteiger partial charge < -0.3 is 10.5 Å². The van der Waals surface area contributed by atoms with Gasteiger partial charge in [0, 0.05) is 13.1 Å². The topological polar surface area (TPSA) is 70.1 Å². The van der Waals surface area contributed by atoms with Gasteiger partial charge in [-0.15, -0.1) is 0 Å². The van der Waals surface area contributed by atoms with Crippen LogP contribution < -0.4 is 5.73 Å². The maximum atomic E-state index is 12.3. The molecule has 106 valence electrons. The molecule has 0 amide bonds. The lowest BCUT2D eigenvalue weighted by molar-refractivity contribution is -0.129. The number of Topliss-reactive ketones (excluding diaryl/α,β-unsaturated/α-hetero) is 1. The first-order chi connectivity index (χ1) is 9.06. The van der Waals surface area contributed by atoms with Crippen LogP contribution in [0.4, 0.5) is 0 Å². The molecule has 5 nitrogen and oxygen atoms in total. The smallest absolute Gasteiger partial charge is 0.167 e. The number of ether oxygens (including phenoxy) is 1. The first-order valence-corrected chi connectivity index (χ1v) is 7.46. The van der Waals surface area contributed by atoms with E-state index >= 15 is 0 Å². The number of halogens is 1. The summed E-state index contributed by atoms with van der Waals surface area (Å²) in [6.45, 7) is 5.19. The van der Waals surface area contributed by atoms with E-state index in [0.29, 0.717) is 13.0 Å². The molecule has 0 aliphatic carbocycles. The van der Waals surface area contributed by atoms with Crippen LogP contribution in [0.25, 0.3) is 0 Å². The van der Waals surface area contributed by atoms with E-state index in [1.807, 2.05) is 18.5 Å². The first-order valence-electron chi connectivity index (χ1n) is 6.66. The van der Waals surface area contributed by atoms with Crippen LogP contribution in [-0.2, 0) is 22.5 Å². The molecule has 0 spiro atoms. The Bertz CT molecular complexity index is 473. The fraction of sp³-hybridized carbons (Fsp3) is 0.692. The van der Waals surface area contributed by atoms with E-state index in [9.17, 15) is 4.79 Å². The fourth-order valence-corrected chi connectivity index (χ4v) is 2.86. The molecule has 6 heteroatoms. The Morgan fingerprint density at radius 2 is 2.32 bits per heavy atom. The zero-order valence-electron chi connectivity index (χ0n) is 11.4. The van der Waals surface area contributed by atoms with Crippen LogP contribution in [0.1, 0.15) is 31.2 Å². The summed E-state index contributed by atoms with van der Waals surface area (Å²) in [5, 5.41) is 4.40. The molecular weight excluding hydrogens is 310 g/mol. The van der Waals surface area contributed by atoms with E-state index in [1.54, 1.807) is 0 Å². The van der Waals surface area contributed by atoms with E-state index < -0.39 is 0 Å². The third-order valence-electron chi connectivity index (χ3n) is 3.52. The summed E-state index contributed by atoms with van der Waals surface area (Å²) in [5.41, 5.74) is 7.41. The van der Waals surface area contributed by atoms with Crippen molar-refractivity contribution in [1.82, 2.24) is 9.78 Å². The molecule has 1 aliphatic rings. The minimum absolute atomic E-state index is 0.0372.